The van der Waals surface area contributed by atoms with E-state index in [0.29, 0.717) is 5.56 Å². The number of benzene rings is 2. The minimum Gasteiger partial charge on any atom is -0.392 e. The van der Waals surface area contributed by atoms with Crippen molar-refractivity contribution in [1.29, 1.82) is 0 Å². The quantitative estimate of drug-likeness (QED) is 0.900. The van der Waals surface area contributed by atoms with Gasteiger partial charge in [0, 0.05) is 18.4 Å². The van der Waals surface area contributed by atoms with E-state index in [1.165, 1.54) is 18.2 Å². The van der Waals surface area contributed by atoms with Crippen molar-refractivity contribution in [2.24, 2.45) is 0 Å². The van der Waals surface area contributed by atoms with Crippen molar-refractivity contribution in [1.82, 2.24) is 0 Å². The van der Waals surface area contributed by atoms with Crippen molar-refractivity contribution in [2.45, 2.75) is 18.9 Å². The Balaban J connectivity index is 2.10. The Morgan fingerprint density at radius 3 is 2.00 bits per heavy atom. The van der Waals surface area contributed by atoms with E-state index < -0.39 is 23.6 Å². The molecule has 0 fully saturated rings. The summed E-state index contributed by atoms with van der Waals surface area (Å²) in [5.41, 5.74) is 0.151. The molecule has 0 saturated carbocycles. The van der Waals surface area contributed by atoms with Crippen molar-refractivity contribution < 1.29 is 18.3 Å². The van der Waals surface area contributed by atoms with Gasteiger partial charge in [-0.15, -0.1) is 0 Å². The first-order chi connectivity index (χ1) is 9.08. The molecular weight excluding hydrogens is 253 g/mol. The number of hydrogen-bond acceptors (Lipinski definition) is 1. The summed E-state index contributed by atoms with van der Waals surface area (Å²) in [6, 6.07) is 9.54. The summed E-state index contributed by atoms with van der Waals surface area (Å²) in [6.07, 6.45) is -1.21. The third-order valence-electron chi connectivity index (χ3n) is 2.91. The number of rotatable bonds is 4. The highest BCUT2D eigenvalue weighted by atomic mass is 19.1. The van der Waals surface area contributed by atoms with E-state index in [9.17, 15) is 18.3 Å². The molecule has 0 aliphatic heterocycles. The smallest absolute Gasteiger partial charge is 0.129 e. The molecule has 0 amide bonds. The summed E-state index contributed by atoms with van der Waals surface area (Å²) in [4.78, 5) is 0. The summed E-state index contributed by atoms with van der Waals surface area (Å²) in [5.74, 6) is -1.84. The molecule has 19 heavy (non-hydrogen) atoms. The van der Waals surface area contributed by atoms with Crippen molar-refractivity contribution >= 4 is 0 Å². The van der Waals surface area contributed by atoms with Gasteiger partial charge in [-0.05, 0) is 23.8 Å². The fourth-order valence-corrected chi connectivity index (χ4v) is 1.95. The molecule has 0 saturated heterocycles. The van der Waals surface area contributed by atoms with E-state index in [2.05, 4.69) is 0 Å². The van der Waals surface area contributed by atoms with Crippen LogP contribution in [0.5, 0.6) is 0 Å². The van der Waals surface area contributed by atoms with Crippen molar-refractivity contribution in [3.05, 3.63) is 71.0 Å². The molecule has 0 radical (unpaired) electrons. The SMILES string of the molecule is OC(Cc1ccccc1F)Cc1c(F)cccc1F. The van der Waals surface area contributed by atoms with Gasteiger partial charge < -0.3 is 5.11 Å². The Bertz CT molecular complexity index is 549. The second-order valence-electron chi connectivity index (χ2n) is 4.35. The van der Waals surface area contributed by atoms with Gasteiger partial charge in [-0.25, -0.2) is 13.2 Å². The van der Waals surface area contributed by atoms with Crippen LogP contribution in [-0.2, 0) is 12.8 Å². The van der Waals surface area contributed by atoms with Crippen molar-refractivity contribution in [2.75, 3.05) is 0 Å². The maximum atomic E-state index is 13.4. The molecule has 0 aliphatic rings. The molecule has 2 aromatic rings. The van der Waals surface area contributed by atoms with Crippen molar-refractivity contribution in [3.8, 4) is 0 Å². The summed E-state index contributed by atoms with van der Waals surface area (Å²) >= 11 is 0. The van der Waals surface area contributed by atoms with Crippen LogP contribution >= 0.6 is 0 Å². The average Bonchev–Trinajstić information content (AvgIpc) is 2.37. The van der Waals surface area contributed by atoms with Crippen LogP contribution in [0, 0.1) is 17.5 Å². The van der Waals surface area contributed by atoms with Gasteiger partial charge in [0.2, 0.25) is 0 Å². The molecule has 0 bridgehead atoms. The molecule has 100 valence electrons. The maximum Gasteiger partial charge on any atom is 0.129 e. The average molecular weight is 266 g/mol. The highest BCUT2D eigenvalue weighted by molar-refractivity contribution is 5.22. The van der Waals surface area contributed by atoms with Crippen LogP contribution < -0.4 is 0 Å². The lowest BCUT2D eigenvalue weighted by Crippen LogP contribution is -2.16. The van der Waals surface area contributed by atoms with Gasteiger partial charge in [-0.3, -0.25) is 0 Å². The van der Waals surface area contributed by atoms with Gasteiger partial charge >= 0.3 is 0 Å². The second-order valence-corrected chi connectivity index (χ2v) is 4.35. The Morgan fingerprint density at radius 1 is 0.789 bits per heavy atom. The van der Waals surface area contributed by atoms with Crippen molar-refractivity contribution in [3.63, 3.8) is 0 Å². The lowest BCUT2D eigenvalue weighted by molar-refractivity contribution is 0.171. The van der Waals surface area contributed by atoms with Crippen LogP contribution in [0.4, 0.5) is 13.2 Å². The maximum absolute atomic E-state index is 13.4. The Morgan fingerprint density at radius 2 is 1.37 bits per heavy atom. The predicted molar refractivity (Wildman–Crippen MR) is 66.2 cm³/mol. The first-order valence-corrected chi connectivity index (χ1v) is 5.92. The zero-order valence-electron chi connectivity index (χ0n) is 10.1. The topological polar surface area (TPSA) is 20.2 Å². The number of aliphatic hydroxyl groups excluding tert-OH is 1. The fourth-order valence-electron chi connectivity index (χ4n) is 1.95. The molecule has 2 rings (SSSR count). The van der Waals surface area contributed by atoms with Crippen LogP contribution in [0.2, 0.25) is 0 Å². The lowest BCUT2D eigenvalue weighted by atomic mass is 10.0. The molecule has 1 atom stereocenters. The molecule has 1 nitrogen and oxygen atoms in total. The zero-order chi connectivity index (χ0) is 13.8. The molecule has 0 aliphatic carbocycles. The second kappa shape index (κ2) is 5.89. The molecule has 0 heterocycles. The molecule has 0 aromatic heterocycles. The van der Waals surface area contributed by atoms with Crippen LogP contribution in [0.15, 0.2) is 42.5 Å². The van der Waals surface area contributed by atoms with Crippen LogP contribution in [0.1, 0.15) is 11.1 Å². The summed E-state index contributed by atoms with van der Waals surface area (Å²) in [7, 11) is 0. The van der Waals surface area contributed by atoms with Gasteiger partial charge in [0.25, 0.3) is 0 Å². The normalized spacial score (nSPS) is 12.4. The van der Waals surface area contributed by atoms with E-state index in [4.69, 9.17) is 0 Å². The minimum absolute atomic E-state index is 0.0143. The first-order valence-electron chi connectivity index (χ1n) is 5.92. The van der Waals surface area contributed by atoms with E-state index in [1.54, 1.807) is 12.1 Å². The predicted octanol–water partition coefficient (Wildman–Crippen LogP) is 3.25. The number of halogens is 3. The number of aliphatic hydroxyl groups is 1. The van der Waals surface area contributed by atoms with Gasteiger partial charge in [-0.1, -0.05) is 24.3 Å². The van der Waals surface area contributed by atoms with E-state index >= 15 is 0 Å². The first kappa shape index (κ1) is 13.6. The van der Waals surface area contributed by atoms with Gasteiger partial charge in [-0.2, -0.15) is 0 Å². The molecular formula is C15H13F3O. The largest absolute Gasteiger partial charge is 0.392 e. The van der Waals surface area contributed by atoms with E-state index in [0.717, 1.165) is 12.1 Å². The van der Waals surface area contributed by atoms with E-state index in [1.807, 2.05) is 0 Å². The number of hydrogen-bond donors (Lipinski definition) is 1. The van der Waals surface area contributed by atoms with E-state index in [-0.39, 0.29) is 18.4 Å². The standard InChI is InChI=1S/C15H13F3O/c16-13-5-2-1-4-10(13)8-11(19)9-12-14(17)6-3-7-15(12)18/h1-7,11,19H,8-9H2. The van der Waals surface area contributed by atoms with Crippen LogP contribution in [0.25, 0.3) is 0 Å². The van der Waals surface area contributed by atoms with Gasteiger partial charge in [0.1, 0.15) is 17.5 Å². The summed E-state index contributed by atoms with van der Waals surface area (Å²) < 4.78 is 40.2. The molecule has 0 spiro atoms. The lowest BCUT2D eigenvalue weighted by Gasteiger charge is -2.12. The van der Waals surface area contributed by atoms with Gasteiger partial charge in [0.15, 0.2) is 0 Å². The minimum atomic E-state index is -1.04. The summed E-state index contributed by atoms with van der Waals surface area (Å²) in [5, 5.41) is 9.83. The highest BCUT2D eigenvalue weighted by Gasteiger charge is 2.15. The Labute approximate surface area is 109 Å². The third-order valence-corrected chi connectivity index (χ3v) is 2.91. The zero-order valence-corrected chi connectivity index (χ0v) is 10.1. The van der Waals surface area contributed by atoms with Crippen LogP contribution in [-0.4, -0.2) is 11.2 Å². The Kier molecular flexibility index (Phi) is 4.22. The summed E-state index contributed by atoms with van der Waals surface area (Å²) in [6.45, 7) is 0. The molecule has 2 aromatic carbocycles. The monoisotopic (exact) mass is 266 g/mol. The Hall–Kier alpha value is -1.81. The van der Waals surface area contributed by atoms with Crippen LogP contribution in [0.3, 0.4) is 0 Å². The molecule has 4 heteroatoms. The molecule has 1 N–H and O–H groups in total. The van der Waals surface area contributed by atoms with Gasteiger partial charge in [0.05, 0.1) is 6.10 Å². The third kappa shape index (κ3) is 3.35. The fraction of sp³-hybridized carbons (Fsp3) is 0.200. The highest BCUT2D eigenvalue weighted by Crippen LogP contribution is 2.17. The molecule has 1 unspecified atom stereocenters.